The lowest BCUT2D eigenvalue weighted by Crippen LogP contribution is -2.44. The average molecular weight is 427 g/mol. The fourth-order valence-electron chi connectivity index (χ4n) is 2.71. The third-order valence-corrected chi connectivity index (χ3v) is 5.64. The number of nitrogens with zero attached hydrogens (tertiary/aromatic N) is 1. The summed E-state index contributed by atoms with van der Waals surface area (Å²) >= 11 is 2.96. The van der Waals surface area contributed by atoms with Gasteiger partial charge in [0.15, 0.2) is 5.13 Å². The first-order valence-electron chi connectivity index (χ1n) is 9.04. The number of nitrogens with two attached hydrogens (primary N) is 1. The van der Waals surface area contributed by atoms with Gasteiger partial charge in [-0.05, 0) is 30.6 Å². The monoisotopic (exact) mass is 426 g/mol. The minimum atomic E-state index is -0.682. The molecule has 0 radical (unpaired) electrons. The number of thioether (sulfide) groups is 1. The molecule has 3 aromatic rings. The summed E-state index contributed by atoms with van der Waals surface area (Å²) in [4.78, 5) is 29.9. The van der Waals surface area contributed by atoms with E-state index >= 15 is 0 Å². The fraction of sp³-hybridized carbons (Fsp3) is 0.190. The summed E-state index contributed by atoms with van der Waals surface area (Å²) in [5.74, 6) is 0.0693. The highest BCUT2D eigenvalue weighted by molar-refractivity contribution is 7.98. The molecular formula is C21H22N4O2S2. The summed E-state index contributed by atoms with van der Waals surface area (Å²) in [7, 11) is 0. The quantitative estimate of drug-likeness (QED) is 0.475. The van der Waals surface area contributed by atoms with E-state index in [1.165, 1.54) is 11.3 Å². The Bertz CT molecular complexity index is 976. The molecule has 4 N–H and O–H groups in total. The van der Waals surface area contributed by atoms with E-state index in [2.05, 4.69) is 15.6 Å². The van der Waals surface area contributed by atoms with Gasteiger partial charge in [0.05, 0.1) is 11.3 Å². The van der Waals surface area contributed by atoms with Crippen LogP contribution < -0.4 is 16.4 Å². The number of hydrogen-bond donors (Lipinski definition) is 3. The van der Waals surface area contributed by atoms with Crippen LogP contribution in [0.3, 0.4) is 0 Å². The lowest BCUT2D eigenvalue weighted by atomic mass is 10.1. The third kappa shape index (κ3) is 5.58. The summed E-state index contributed by atoms with van der Waals surface area (Å²) in [6.07, 6.45) is 2.46. The molecular weight excluding hydrogens is 404 g/mol. The second-order valence-electron chi connectivity index (χ2n) is 6.29. The van der Waals surface area contributed by atoms with Crippen LogP contribution in [0.2, 0.25) is 0 Å². The van der Waals surface area contributed by atoms with Crippen molar-refractivity contribution in [1.82, 2.24) is 10.3 Å². The normalized spacial score (nSPS) is 11.6. The van der Waals surface area contributed by atoms with Crippen LogP contribution >= 0.6 is 23.1 Å². The predicted molar refractivity (Wildman–Crippen MR) is 121 cm³/mol. The zero-order valence-corrected chi connectivity index (χ0v) is 17.6. The molecule has 0 bridgehead atoms. The number of nitrogens with one attached hydrogen (secondary N) is 2. The van der Waals surface area contributed by atoms with Crippen LogP contribution in [-0.4, -0.2) is 34.8 Å². The van der Waals surface area contributed by atoms with Crippen molar-refractivity contribution in [3.8, 4) is 11.3 Å². The van der Waals surface area contributed by atoms with E-state index in [9.17, 15) is 9.59 Å². The SMILES string of the molecule is CSCCC(NC(=O)c1ccccc1N)C(=O)Nc1nc(-c2ccccc2)cs1. The van der Waals surface area contributed by atoms with Crippen LogP contribution in [0.5, 0.6) is 0 Å². The summed E-state index contributed by atoms with van der Waals surface area (Å²) in [6, 6.07) is 15.9. The zero-order valence-electron chi connectivity index (χ0n) is 15.9. The van der Waals surface area contributed by atoms with E-state index in [1.807, 2.05) is 42.0 Å². The second kappa shape index (κ2) is 10.1. The van der Waals surface area contributed by atoms with Gasteiger partial charge >= 0.3 is 0 Å². The van der Waals surface area contributed by atoms with Gasteiger partial charge in [0.1, 0.15) is 6.04 Å². The minimum absolute atomic E-state index is 0.295. The highest BCUT2D eigenvalue weighted by Crippen LogP contribution is 2.24. The van der Waals surface area contributed by atoms with Gasteiger partial charge in [0.25, 0.3) is 5.91 Å². The molecule has 0 saturated carbocycles. The first-order valence-corrected chi connectivity index (χ1v) is 11.3. The maximum absolute atomic E-state index is 12.8. The Balaban J connectivity index is 1.70. The maximum atomic E-state index is 12.8. The highest BCUT2D eigenvalue weighted by atomic mass is 32.2. The van der Waals surface area contributed by atoms with Crippen LogP contribution in [-0.2, 0) is 4.79 Å². The average Bonchev–Trinajstić information content (AvgIpc) is 3.20. The van der Waals surface area contributed by atoms with Crippen molar-refractivity contribution in [3.63, 3.8) is 0 Å². The number of benzene rings is 2. The van der Waals surface area contributed by atoms with Crippen LogP contribution in [0, 0.1) is 0 Å². The van der Waals surface area contributed by atoms with E-state index in [4.69, 9.17) is 5.73 Å². The molecule has 1 aromatic heterocycles. The van der Waals surface area contributed by atoms with Gasteiger partial charge in [-0.15, -0.1) is 11.3 Å². The van der Waals surface area contributed by atoms with Crippen LogP contribution in [0.4, 0.5) is 10.8 Å². The van der Waals surface area contributed by atoms with E-state index in [-0.39, 0.29) is 11.8 Å². The molecule has 0 aliphatic rings. The molecule has 0 aliphatic carbocycles. The van der Waals surface area contributed by atoms with Gasteiger partial charge in [-0.1, -0.05) is 42.5 Å². The summed E-state index contributed by atoms with van der Waals surface area (Å²) in [5, 5.41) is 8.02. The topological polar surface area (TPSA) is 97.1 Å². The van der Waals surface area contributed by atoms with E-state index in [0.717, 1.165) is 17.0 Å². The van der Waals surface area contributed by atoms with Gasteiger partial charge in [0.2, 0.25) is 5.91 Å². The van der Waals surface area contributed by atoms with Crippen molar-refractivity contribution in [3.05, 3.63) is 65.5 Å². The first-order chi connectivity index (χ1) is 14.1. The number of thiazole rings is 1. The number of rotatable bonds is 8. The maximum Gasteiger partial charge on any atom is 0.254 e. The predicted octanol–water partition coefficient (Wildman–Crippen LogP) is 3.88. The third-order valence-electron chi connectivity index (χ3n) is 4.24. The molecule has 8 heteroatoms. The molecule has 1 atom stereocenters. The molecule has 0 spiro atoms. The van der Waals surface area contributed by atoms with Crippen LogP contribution in [0.25, 0.3) is 11.3 Å². The minimum Gasteiger partial charge on any atom is -0.398 e. The number of hydrogen-bond acceptors (Lipinski definition) is 6. The van der Waals surface area contributed by atoms with Crippen molar-refractivity contribution in [1.29, 1.82) is 0 Å². The zero-order chi connectivity index (χ0) is 20.6. The summed E-state index contributed by atoms with van der Waals surface area (Å²) in [5.41, 5.74) is 8.40. The van der Waals surface area contributed by atoms with Crippen molar-refractivity contribution in [2.24, 2.45) is 0 Å². The number of nitrogen functional groups attached to an aromatic ring is 1. The molecule has 150 valence electrons. The highest BCUT2D eigenvalue weighted by Gasteiger charge is 2.23. The standard InChI is InChI=1S/C21H22N4O2S2/c1-28-12-11-17(23-19(26)15-9-5-6-10-16(15)22)20(27)25-21-24-18(13-29-21)14-7-3-2-4-8-14/h2-10,13,17H,11-12,22H2,1H3,(H,23,26)(H,24,25,27). The molecule has 3 rings (SSSR count). The molecule has 0 saturated heterocycles. The smallest absolute Gasteiger partial charge is 0.254 e. The second-order valence-corrected chi connectivity index (χ2v) is 8.13. The van der Waals surface area contributed by atoms with Crippen molar-refractivity contribution >= 4 is 45.7 Å². The van der Waals surface area contributed by atoms with E-state index in [0.29, 0.717) is 22.8 Å². The van der Waals surface area contributed by atoms with Gasteiger partial charge in [-0.3, -0.25) is 9.59 Å². The lowest BCUT2D eigenvalue weighted by molar-refractivity contribution is -0.118. The molecule has 0 fully saturated rings. The Morgan fingerprint density at radius 3 is 2.59 bits per heavy atom. The molecule has 6 nitrogen and oxygen atoms in total. The molecule has 2 aromatic carbocycles. The van der Waals surface area contributed by atoms with E-state index < -0.39 is 6.04 Å². The number of carbonyl (C=O) groups excluding carboxylic acids is 2. The number of amides is 2. The number of anilines is 2. The fourth-order valence-corrected chi connectivity index (χ4v) is 3.90. The number of carbonyl (C=O) groups is 2. The lowest BCUT2D eigenvalue weighted by Gasteiger charge is -2.18. The van der Waals surface area contributed by atoms with Crippen molar-refractivity contribution in [2.45, 2.75) is 12.5 Å². The molecule has 0 aliphatic heterocycles. The Kier molecular flexibility index (Phi) is 7.26. The van der Waals surface area contributed by atoms with Gasteiger partial charge in [-0.25, -0.2) is 4.98 Å². The Morgan fingerprint density at radius 1 is 1.14 bits per heavy atom. The van der Waals surface area contributed by atoms with Crippen LogP contribution in [0.15, 0.2) is 60.0 Å². The summed E-state index contributed by atoms with van der Waals surface area (Å²) in [6.45, 7) is 0. The molecule has 1 heterocycles. The Labute approximate surface area is 177 Å². The molecule has 29 heavy (non-hydrogen) atoms. The van der Waals surface area contributed by atoms with Crippen molar-refractivity contribution in [2.75, 3.05) is 23.1 Å². The number of para-hydroxylation sites is 1. The summed E-state index contributed by atoms with van der Waals surface area (Å²) < 4.78 is 0. The Morgan fingerprint density at radius 2 is 1.86 bits per heavy atom. The van der Waals surface area contributed by atoms with Gasteiger partial charge < -0.3 is 16.4 Å². The number of aromatic nitrogens is 1. The van der Waals surface area contributed by atoms with Gasteiger partial charge in [0, 0.05) is 16.6 Å². The Hall–Kier alpha value is -2.84. The first kappa shape index (κ1) is 20.9. The largest absolute Gasteiger partial charge is 0.398 e. The van der Waals surface area contributed by atoms with Crippen LogP contribution in [0.1, 0.15) is 16.8 Å². The van der Waals surface area contributed by atoms with E-state index in [1.54, 1.807) is 36.0 Å². The van der Waals surface area contributed by atoms with Gasteiger partial charge in [-0.2, -0.15) is 11.8 Å². The van der Waals surface area contributed by atoms with Crippen molar-refractivity contribution < 1.29 is 9.59 Å². The molecule has 2 amide bonds. The molecule has 1 unspecified atom stereocenters.